The second-order valence-corrected chi connectivity index (χ2v) is 8.64. The monoisotopic (exact) mass is 402 g/mol. The van der Waals surface area contributed by atoms with Crippen LogP contribution in [-0.4, -0.2) is 20.7 Å². The van der Waals surface area contributed by atoms with E-state index in [4.69, 9.17) is 21.8 Å². The zero-order valence-electron chi connectivity index (χ0n) is 15.8. The van der Waals surface area contributed by atoms with Crippen molar-refractivity contribution in [3.8, 4) is 6.07 Å². The molecule has 0 saturated heterocycles. The lowest BCUT2D eigenvalue weighted by molar-refractivity contribution is -0.115. The van der Waals surface area contributed by atoms with Crippen LogP contribution in [-0.2, 0) is 4.79 Å². The molecular formula is C20H23ClN4OS. The molecule has 1 amide bonds. The van der Waals surface area contributed by atoms with Crippen molar-refractivity contribution < 1.29 is 4.79 Å². The minimum Gasteiger partial charge on any atom is -0.325 e. The van der Waals surface area contributed by atoms with Crippen LogP contribution in [0, 0.1) is 25.2 Å². The van der Waals surface area contributed by atoms with E-state index in [0.29, 0.717) is 22.3 Å². The van der Waals surface area contributed by atoms with E-state index >= 15 is 0 Å². The second-order valence-electron chi connectivity index (χ2n) is 6.93. The summed E-state index contributed by atoms with van der Waals surface area (Å²) in [6, 6.07) is 7.39. The van der Waals surface area contributed by atoms with Gasteiger partial charge in [-0.25, -0.2) is 4.98 Å². The number of halogens is 1. The average Bonchev–Trinajstić information content (AvgIpc) is 3.24. The molecule has 1 saturated carbocycles. The van der Waals surface area contributed by atoms with Gasteiger partial charge in [-0.3, -0.25) is 4.79 Å². The third kappa shape index (κ3) is 4.31. The molecule has 7 heteroatoms. The van der Waals surface area contributed by atoms with Gasteiger partial charge in [-0.1, -0.05) is 36.2 Å². The number of hydrogen-bond acceptors (Lipinski definition) is 4. The van der Waals surface area contributed by atoms with Crippen molar-refractivity contribution in [2.24, 2.45) is 0 Å². The number of amides is 1. The molecule has 1 N–H and O–H groups in total. The van der Waals surface area contributed by atoms with Crippen LogP contribution in [0.3, 0.4) is 0 Å². The Labute approximate surface area is 169 Å². The molecule has 0 aliphatic heterocycles. The smallest absolute Gasteiger partial charge is 0.237 e. The Morgan fingerprint density at radius 2 is 2.11 bits per heavy atom. The zero-order chi connectivity index (χ0) is 19.6. The Morgan fingerprint density at radius 3 is 2.74 bits per heavy atom. The van der Waals surface area contributed by atoms with E-state index in [-0.39, 0.29) is 11.2 Å². The van der Waals surface area contributed by atoms with E-state index in [0.717, 1.165) is 10.9 Å². The largest absolute Gasteiger partial charge is 0.325 e. The maximum absolute atomic E-state index is 12.6. The standard InChI is InChI=1S/C20H23ClN4OS/c1-12-13(2)25(17-6-4-5-7-17)20(23-12)27-14(3)19(26)24-16-9-8-15(11-22)18(21)10-16/h8-10,14,17H,4-7H2,1-3H3,(H,24,26). The van der Waals surface area contributed by atoms with Crippen LogP contribution in [0.15, 0.2) is 23.4 Å². The molecule has 1 heterocycles. The highest BCUT2D eigenvalue weighted by Crippen LogP contribution is 2.36. The van der Waals surface area contributed by atoms with E-state index in [2.05, 4.69) is 16.8 Å². The highest BCUT2D eigenvalue weighted by atomic mass is 35.5. The van der Waals surface area contributed by atoms with Gasteiger partial charge >= 0.3 is 0 Å². The predicted molar refractivity (Wildman–Crippen MR) is 109 cm³/mol. The third-order valence-electron chi connectivity index (χ3n) is 5.05. The van der Waals surface area contributed by atoms with Crippen molar-refractivity contribution in [2.45, 2.75) is 62.9 Å². The van der Waals surface area contributed by atoms with E-state index in [9.17, 15) is 4.79 Å². The molecule has 5 nitrogen and oxygen atoms in total. The first kappa shape index (κ1) is 19.8. The van der Waals surface area contributed by atoms with Crippen molar-refractivity contribution in [3.63, 3.8) is 0 Å². The third-order valence-corrected chi connectivity index (χ3v) is 6.43. The van der Waals surface area contributed by atoms with E-state index in [1.807, 2.05) is 19.9 Å². The fourth-order valence-corrected chi connectivity index (χ4v) is 4.70. The number of nitrogens with zero attached hydrogens (tertiary/aromatic N) is 3. The van der Waals surface area contributed by atoms with Gasteiger partial charge < -0.3 is 9.88 Å². The molecular weight excluding hydrogens is 380 g/mol. The number of imidazole rings is 1. The molecule has 3 rings (SSSR count). The van der Waals surface area contributed by atoms with Gasteiger partial charge in [0.15, 0.2) is 5.16 Å². The Balaban J connectivity index is 1.72. The molecule has 142 valence electrons. The first-order chi connectivity index (χ1) is 12.9. The molecule has 1 aliphatic carbocycles. The van der Waals surface area contributed by atoms with Crippen LogP contribution in [0.5, 0.6) is 0 Å². The van der Waals surface area contributed by atoms with Crippen molar-refractivity contribution >= 4 is 35.0 Å². The number of aryl methyl sites for hydroxylation is 1. The van der Waals surface area contributed by atoms with Crippen LogP contribution in [0.25, 0.3) is 0 Å². The quantitative estimate of drug-likeness (QED) is 0.692. The summed E-state index contributed by atoms with van der Waals surface area (Å²) in [6.45, 7) is 6.01. The van der Waals surface area contributed by atoms with Crippen molar-refractivity contribution in [1.82, 2.24) is 9.55 Å². The molecule has 2 aromatic rings. The normalized spacial score (nSPS) is 15.5. The molecule has 1 unspecified atom stereocenters. The van der Waals surface area contributed by atoms with Gasteiger partial charge in [0.05, 0.1) is 21.5 Å². The lowest BCUT2D eigenvalue weighted by atomic mass is 10.2. The summed E-state index contributed by atoms with van der Waals surface area (Å²) in [7, 11) is 0. The zero-order valence-corrected chi connectivity index (χ0v) is 17.3. The first-order valence-electron chi connectivity index (χ1n) is 9.13. The maximum atomic E-state index is 12.6. The van der Waals surface area contributed by atoms with Gasteiger partial charge in [0.1, 0.15) is 6.07 Å². The number of benzene rings is 1. The van der Waals surface area contributed by atoms with Gasteiger partial charge in [0, 0.05) is 17.4 Å². The van der Waals surface area contributed by atoms with Gasteiger partial charge in [-0.15, -0.1) is 0 Å². The van der Waals surface area contributed by atoms with Crippen molar-refractivity contribution in [1.29, 1.82) is 5.26 Å². The highest BCUT2D eigenvalue weighted by Gasteiger charge is 2.25. The highest BCUT2D eigenvalue weighted by molar-refractivity contribution is 8.00. The summed E-state index contributed by atoms with van der Waals surface area (Å²) in [5.41, 5.74) is 3.19. The molecule has 1 aromatic carbocycles. The summed E-state index contributed by atoms with van der Waals surface area (Å²) in [6.07, 6.45) is 4.85. The summed E-state index contributed by atoms with van der Waals surface area (Å²) >= 11 is 7.53. The Kier molecular flexibility index (Phi) is 6.13. The predicted octanol–water partition coefficient (Wildman–Crippen LogP) is 5.26. The average molecular weight is 403 g/mol. The van der Waals surface area contributed by atoms with Crippen LogP contribution in [0.2, 0.25) is 5.02 Å². The minimum absolute atomic E-state index is 0.114. The fourth-order valence-electron chi connectivity index (χ4n) is 3.41. The number of nitriles is 1. The van der Waals surface area contributed by atoms with Crippen LogP contribution < -0.4 is 5.32 Å². The Hall–Kier alpha value is -1.97. The lowest BCUT2D eigenvalue weighted by Crippen LogP contribution is -2.23. The van der Waals surface area contributed by atoms with E-state index in [1.165, 1.54) is 43.1 Å². The lowest BCUT2D eigenvalue weighted by Gasteiger charge is -2.18. The van der Waals surface area contributed by atoms with Crippen LogP contribution in [0.4, 0.5) is 5.69 Å². The summed E-state index contributed by atoms with van der Waals surface area (Å²) < 4.78 is 2.31. The van der Waals surface area contributed by atoms with E-state index < -0.39 is 0 Å². The van der Waals surface area contributed by atoms with Crippen LogP contribution >= 0.6 is 23.4 Å². The Bertz CT molecular complexity index is 896. The van der Waals surface area contributed by atoms with Gasteiger partial charge in [-0.05, 0) is 51.8 Å². The molecule has 27 heavy (non-hydrogen) atoms. The summed E-state index contributed by atoms with van der Waals surface area (Å²) in [5.74, 6) is -0.114. The molecule has 0 radical (unpaired) electrons. The SMILES string of the molecule is Cc1nc(SC(C)C(=O)Nc2ccc(C#N)c(Cl)c2)n(C2CCCC2)c1C. The second kappa shape index (κ2) is 8.37. The molecule has 1 aromatic heterocycles. The molecule has 0 spiro atoms. The van der Waals surface area contributed by atoms with Crippen molar-refractivity contribution in [3.05, 3.63) is 40.2 Å². The molecule has 1 aliphatic rings. The Morgan fingerprint density at radius 1 is 1.41 bits per heavy atom. The number of hydrogen-bond donors (Lipinski definition) is 1. The van der Waals surface area contributed by atoms with Crippen LogP contribution in [0.1, 0.15) is 55.6 Å². The maximum Gasteiger partial charge on any atom is 0.237 e. The topological polar surface area (TPSA) is 70.7 Å². The number of thioether (sulfide) groups is 1. The van der Waals surface area contributed by atoms with Gasteiger partial charge in [-0.2, -0.15) is 5.26 Å². The number of carbonyl (C=O) groups excluding carboxylic acids is 1. The van der Waals surface area contributed by atoms with Gasteiger partial charge in [0.2, 0.25) is 5.91 Å². The first-order valence-corrected chi connectivity index (χ1v) is 10.4. The summed E-state index contributed by atoms with van der Waals surface area (Å²) in [5, 5.41) is 12.8. The van der Waals surface area contributed by atoms with Gasteiger partial charge in [0.25, 0.3) is 0 Å². The number of aromatic nitrogens is 2. The number of nitrogens with one attached hydrogen (secondary N) is 1. The van der Waals surface area contributed by atoms with E-state index in [1.54, 1.807) is 18.2 Å². The molecule has 1 atom stereocenters. The number of rotatable bonds is 5. The minimum atomic E-state index is -0.305. The fraction of sp³-hybridized carbons (Fsp3) is 0.450. The van der Waals surface area contributed by atoms with Crippen molar-refractivity contribution in [2.75, 3.05) is 5.32 Å². The summed E-state index contributed by atoms with van der Waals surface area (Å²) in [4.78, 5) is 17.3. The molecule has 0 bridgehead atoms. The molecule has 1 fully saturated rings. The number of anilines is 1. The number of carbonyl (C=O) groups is 1.